The van der Waals surface area contributed by atoms with Crippen molar-refractivity contribution >= 4 is 0 Å². The van der Waals surface area contributed by atoms with Gasteiger partial charge in [0.15, 0.2) is 0 Å². The summed E-state index contributed by atoms with van der Waals surface area (Å²) in [6, 6.07) is 17.4. The van der Waals surface area contributed by atoms with Crippen molar-refractivity contribution in [1.82, 2.24) is 0 Å². The predicted octanol–water partition coefficient (Wildman–Crippen LogP) is 15.1. The van der Waals surface area contributed by atoms with E-state index in [4.69, 9.17) is 51.1 Å². The summed E-state index contributed by atoms with van der Waals surface area (Å²) in [4.78, 5) is 0. The van der Waals surface area contributed by atoms with Gasteiger partial charge < -0.3 is 120 Å². The van der Waals surface area contributed by atoms with Crippen LogP contribution in [0.2, 0.25) is 0 Å². The van der Waals surface area contributed by atoms with Crippen LogP contribution in [0.1, 0.15) is 189 Å². The zero-order valence-electron chi connectivity index (χ0n) is 52.4. The van der Waals surface area contributed by atoms with E-state index in [9.17, 15) is 0 Å². The van der Waals surface area contributed by atoms with E-state index in [2.05, 4.69) is 69.2 Å². The molecule has 2 aromatic rings. The van der Waals surface area contributed by atoms with E-state index in [0.717, 1.165) is 78.4 Å². The van der Waals surface area contributed by atoms with Crippen LogP contribution in [0.4, 0.5) is 0 Å². The van der Waals surface area contributed by atoms with Crippen LogP contribution in [0, 0.1) is 69.2 Å². The summed E-state index contributed by atoms with van der Waals surface area (Å²) in [7, 11) is 2.00. The number of hydrogen-bond donors (Lipinski definition) is 10. The van der Waals surface area contributed by atoms with Crippen molar-refractivity contribution in [2.75, 3.05) is 40.6 Å². The van der Waals surface area contributed by atoms with Crippen LogP contribution < -0.4 is 0 Å². The largest absolute Gasteiger partial charge is 2.00 e. The van der Waals surface area contributed by atoms with Gasteiger partial charge in [-0.2, -0.15) is 65.2 Å². The van der Waals surface area contributed by atoms with Gasteiger partial charge in [-0.3, -0.25) is 0 Å². The molecule has 0 aliphatic carbocycles. The van der Waals surface area contributed by atoms with Gasteiger partial charge in [-0.25, -0.2) is 0 Å². The summed E-state index contributed by atoms with van der Waals surface area (Å²) >= 11 is 0. The topological polar surface area (TPSA) is 202 Å². The number of rotatable bonds is 2. The molecular weight excluding hydrogens is 1140 g/mol. The second-order valence-corrected chi connectivity index (χ2v) is 10.9. The molecule has 0 saturated heterocycles. The molecule has 0 aromatic heterocycles. The molecule has 0 aliphatic heterocycles. The number of benzene rings is 2. The smallest absolute Gasteiger partial charge is 0.508 e. The van der Waals surface area contributed by atoms with E-state index < -0.39 is 0 Å². The first-order chi connectivity index (χ1) is 32.2. The quantitative estimate of drug-likeness (QED) is 0.102. The molecule has 74 heavy (non-hydrogen) atoms. The van der Waals surface area contributed by atoms with Crippen molar-refractivity contribution in [2.45, 2.75) is 201 Å². The van der Waals surface area contributed by atoms with Gasteiger partial charge in [0.05, 0.1) is 0 Å². The Morgan fingerprint density at radius 3 is 0.432 bits per heavy atom. The second kappa shape index (κ2) is 284. The van der Waals surface area contributed by atoms with Crippen molar-refractivity contribution < 1.29 is 181 Å². The number of phenols is 2. The summed E-state index contributed by atoms with van der Waals surface area (Å²) in [6.07, 6.45) is 9.42. The maximum absolute atomic E-state index is 8.63. The number of aromatic hydroxyl groups is 2. The summed E-state index contributed by atoms with van der Waals surface area (Å²) in [6.45, 7) is 69.2. The van der Waals surface area contributed by atoms with Gasteiger partial charge in [0.2, 0.25) is 0 Å². The van der Waals surface area contributed by atoms with Gasteiger partial charge in [-0.15, -0.1) is 0 Å². The van der Waals surface area contributed by atoms with Crippen molar-refractivity contribution in [2.24, 2.45) is 0 Å². The molecule has 0 fully saturated rings. The van der Waals surface area contributed by atoms with Gasteiger partial charge in [0, 0.05) is 74.6 Å². The van der Waals surface area contributed by atoms with Gasteiger partial charge in [0.1, 0.15) is 11.5 Å². The van der Waals surface area contributed by atoms with Gasteiger partial charge in [-0.1, -0.05) is 106 Å². The zero-order valence-corrected chi connectivity index (χ0v) is 61.7. The van der Waals surface area contributed by atoms with Crippen LogP contribution >= 0.6 is 0 Å². The summed E-state index contributed by atoms with van der Waals surface area (Å²) in [5.41, 5.74) is 0. The summed E-state index contributed by atoms with van der Waals surface area (Å²) in [5, 5.41) is 78.3. The number of aliphatic hydroxyl groups excluding tert-OH is 8. The molecule has 446 valence electrons. The average molecular weight is 1270 g/mol. The molecule has 0 spiro atoms. The maximum atomic E-state index is 8.63. The Hall–Kier alpha value is 2.01. The van der Waals surface area contributed by atoms with Crippen LogP contribution in [0.25, 0.3) is 0 Å². The molecule has 16 heteroatoms. The van der Waals surface area contributed by atoms with E-state index in [1.807, 2.05) is 81.4 Å². The fourth-order valence-electron chi connectivity index (χ4n) is 0.856. The molecule has 2 aromatic carbocycles. The molecule has 0 bridgehead atoms. The minimum Gasteiger partial charge on any atom is -0.508 e. The van der Waals surface area contributed by atoms with Crippen LogP contribution in [-0.4, -0.2) is 104 Å². The Morgan fingerprint density at radius 2 is 0.405 bits per heavy atom. The molecule has 10 nitrogen and oxygen atoms in total. The van der Waals surface area contributed by atoms with Gasteiger partial charge in [-0.05, 0) is 78.6 Å². The van der Waals surface area contributed by atoms with Crippen LogP contribution in [0.15, 0.2) is 60.7 Å². The predicted molar refractivity (Wildman–Crippen MR) is 315 cm³/mol. The minimum absolute atomic E-state index is 0. The van der Waals surface area contributed by atoms with Crippen molar-refractivity contribution in [1.29, 1.82) is 0 Å². The fourth-order valence-corrected chi connectivity index (χ4v) is 0.856. The van der Waals surface area contributed by atoms with E-state index >= 15 is 0 Å². The Labute approximate surface area is 558 Å². The summed E-state index contributed by atoms with van der Waals surface area (Å²) in [5.74, 6) is 0.644. The number of hydrogen-bond acceptors (Lipinski definition) is 10. The second-order valence-electron chi connectivity index (χ2n) is 10.9. The molecule has 0 radical (unpaired) electrons. The number of para-hydroxylation sites is 2. The molecule has 0 atom stereocenters. The third kappa shape index (κ3) is 986. The minimum atomic E-state index is -0.167. The molecule has 0 saturated carbocycles. The third-order valence-electron chi connectivity index (χ3n) is 1.96. The van der Waals surface area contributed by atoms with Crippen molar-refractivity contribution in [3.8, 4) is 11.5 Å². The first-order valence-corrected chi connectivity index (χ1v) is 24.2. The Bertz CT molecular complexity index is 592. The average Bonchev–Trinajstić information content (AvgIpc) is 3.30. The first kappa shape index (κ1) is 158. The SMILES string of the molecule is CC(C)O.CC(C)O.CCCO.CCCO.CCO.CCO.CO.CO.Oc1ccccc1.Oc1ccccc1.[CH2-]C.[CH2-]C.[CH2-]CC.[CH2-]CC.[CH2-]CC.[CH2-]CC.[CH2-]CC.[CH2-]CC.[CH2-]CC.[CH2-]CC.[Ti+2].[Ti+2].[Ti+2].[Ti+2].[Ti+2].[Ti]. The van der Waals surface area contributed by atoms with Gasteiger partial charge in [0.25, 0.3) is 0 Å². The van der Waals surface area contributed by atoms with Gasteiger partial charge >= 0.3 is 109 Å². The van der Waals surface area contributed by atoms with E-state index in [1.165, 1.54) is 0 Å². The zero-order chi connectivity index (χ0) is 59.3. The Morgan fingerprint density at radius 1 is 0.338 bits per heavy atom. The molecular formula is C58H130O10Ti6. The normalized spacial score (nSPS) is 6.16. The third-order valence-corrected chi connectivity index (χ3v) is 1.96. The monoisotopic (exact) mass is 1270 g/mol. The summed E-state index contributed by atoms with van der Waals surface area (Å²) < 4.78 is 0. The molecule has 0 amide bonds. The van der Waals surface area contributed by atoms with Crippen molar-refractivity contribution in [3.05, 3.63) is 130 Å². The molecule has 2 rings (SSSR count). The number of aliphatic hydroxyl groups is 8. The molecule has 0 unspecified atom stereocenters. The van der Waals surface area contributed by atoms with Crippen molar-refractivity contribution in [3.63, 3.8) is 0 Å². The fraction of sp³-hybridized carbons (Fsp3) is 0.621. The standard InChI is InChI=1S/2C6H6O.4C3H8O.8C3H7.2C2H6O.2C2H5.2CH4O.6Ti/c2*7-6-4-2-1-3-5-6;2*1-3(2)4;2*1-2-3-4;8*1-3-2;2*1-2-3;4*1-2;;;;;;/h2*1-5,7H;2*3-4H,1-2H3;2*4H,2-3H2,1H3;8*1,3H2,2H3;2*3H,2H2,1H3;2*1H2,2H3;2*2H,1H3;;;;;;/q;;;;;;8*-1;;;2*-1;;;;5*+2. The van der Waals surface area contributed by atoms with Crippen LogP contribution in [-0.2, 0) is 130 Å². The Balaban J connectivity index is -0.0000000163. The molecule has 0 heterocycles. The van der Waals surface area contributed by atoms with Crippen LogP contribution in [0.5, 0.6) is 11.5 Å². The van der Waals surface area contributed by atoms with E-state index in [0.29, 0.717) is 24.7 Å². The molecule has 10 N–H and O–H groups in total. The maximum Gasteiger partial charge on any atom is 2.00 e. The van der Waals surface area contributed by atoms with Crippen LogP contribution in [0.3, 0.4) is 0 Å². The van der Waals surface area contributed by atoms with E-state index in [1.54, 1.807) is 104 Å². The molecule has 0 aliphatic rings. The number of phenolic OH excluding ortho intramolecular Hbond substituents is 2. The van der Waals surface area contributed by atoms with E-state index in [-0.39, 0.29) is 156 Å². The first-order valence-electron chi connectivity index (χ1n) is 24.2. The Kier molecular flexibility index (Phi) is 608.